The van der Waals surface area contributed by atoms with Gasteiger partial charge in [0.2, 0.25) is 0 Å². The summed E-state index contributed by atoms with van der Waals surface area (Å²) in [5.74, 6) is 0. The van der Waals surface area contributed by atoms with Crippen molar-refractivity contribution in [1.82, 2.24) is 10.2 Å². The summed E-state index contributed by atoms with van der Waals surface area (Å²) in [5.41, 5.74) is 0. The Labute approximate surface area is 106 Å². The lowest BCUT2D eigenvalue weighted by molar-refractivity contribution is 0.0614. The topological polar surface area (TPSA) is 24.5 Å². The van der Waals surface area contributed by atoms with Crippen molar-refractivity contribution < 1.29 is 4.74 Å². The summed E-state index contributed by atoms with van der Waals surface area (Å²) in [7, 11) is 1.80. The first-order valence-electron chi connectivity index (χ1n) is 7.31. The molecular formula is C14H28N2O. The standard InChI is InChI=1S/C14H28N2O/c1-12(8-11-17-2)16-10-4-3-7-14(16)13-6-5-9-15-13/h12-15H,3-11H2,1-2H3. The van der Waals surface area contributed by atoms with E-state index >= 15 is 0 Å². The van der Waals surface area contributed by atoms with E-state index in [1.54, 1.807) is 7.11 Å². The number of nitrogens with one attached hydrogen (secondary N) is 1. The van der Waals surface area contributed by atoms with Gasteiger partial charge in [0, 0.05) is 31.8 Å². The summed E-state index contributed by atoms with van der Waals surface area (Å²) < 4.78 is 5.22. The van der Waals surface area contributed by atoms with Crippen LogP contribution in [0.15, 0.2) is 0 Å². The predicted molar refractivity (Wildman–Crippen MR) is 71.3 cm³/mol. The lowest BCUT2D eigenvalue weighted by atomic mass is 9.92. The summed E-state index contributed by atoms with van der Waals surface area (Å²) in [5, 5.41) is 3.69. The second-order valence-corrected chi connectivity index (χ2v) is 5.63. The number of methoxy groups -OCH3 is 1. The number of hydrogen-bond acceptors (Lipinski definition) is 3. The summed E-state index contributed by atoms with van der Waals surface area (Å²) in [6.07, 6.45) is 8.07. The van der Waals surface area contributed by atoms with E-state index in [1.807, 2.05) is 0 Å². The maximum absolute atomic E-state index is 5.22. The molecule has 17 heavy (non-hydrogen) atoms. The molecule has 2 saturated heterocycles. The Bertz CT molecular complexity index is 216. The molecule has 3 atom stereocenters. The van der Waals surface area contributed by atoms with Crippen LogP contribution in [0.5, 0.6) is 0 Å². The number of rotatable bonds is 5. The van der Waals surface area contributed by atoms with Crippen molar-refractivity contribution >= 4 is 0 Å². The lowest BCUT2D eigenvalue weighted by Gasteiger charge is -2.43. The molecule has 2 aliphatic rings. The number of nitrogens with zero attached hydrogens (tertiary/aromatic N) is 1. The summed E-state index contributed by atoms with van der Waals surface area (Å²) in [6.45, 7) is 5.77. The SMILES string of the molecule is COCCC(C)N1CCCCC1C1CCCN1. The lowest BCUT2D eigenvalue weighted by Crippen LogP contribution is -2.53. The minimum absolute atomic E-state index is 0.669. The van der Waals surface area contributed by atoms with E-state index in [2.05, 4.69) is 17.1 Å². The maximum atomic E-state index is 5.22. The Morgan fingerprint density at radius 1 is 1.29 bits per heavy atom. The summed E-state index contributed by atoms with van der Waals surface area (Å²) in [6, 6.07) is 2.20. The third-order valence-electron chi connectivity index (χ3n) is 4.46. The Morgan fingerprint density at radius 2 is 2.18 bits per heavy atom. The van der Waals surface area contributed by atoms with Gasteiger partial charge in [-0.05, 0) is 52.1 Å². The quantitative estimate of drug-likeness (QED) is 0.795. The summed E-state index contributed by atoms with van der Waals surface area (Å²) in [4.78, 5) is 2.74. The van der Waals surface area contributed by atoms with Crippen LogP contribution in [0.1, 0.15) is 45.4 Å². The predicted octanol–water partition coefficient (Wildman–Crippen LogP) is 2.02. The molecule has 0 radical (unpaired) electrons. The van der Waals surface area contributed by atoms with Crippen molar-refractivity contribution in [3.8, 4) is 0 Å². The van der Waals surface area contributed by atoms with Gasteiger partial charge in [-0.15, -0.1) is 0 Å². The van der Waals surface area contributed by atoms with Crippen LogP contribution in [0.25, 0.3) is 0 Å². The fourth-order valence-corrected chi connectivity index (χ4v) is 3.45. The first kappa shape index (κ1) is 13.3. The van der Waals surface area contributed by atoms with E-state index in [1.165, 1.54) is 51.6 Å². The van der Waals surface area contributed by atoms with Crippen LogP contribution in [-0.4, -0.2) is 49.8 Å². The monoisotopic (exact) mass is 240 g/mol. The number of hydrogen-bond donors (Lipinski definition) is 1. The van der Waals surface area contributed by atoms with Crippen molar-refractivity contribution in [2.75, 3.05) is 26.8 Å². The minimum atomic E-state index is 0.669. The Kier molecular flexibility index (Phi) is 5.26. The van der Waals surface area contributed by atoms with Gasteiger partial charge in [0.15, 0.2) is 0 Å². The van der Waals surface area contributed by atoms with Crippen LogP contribution in [-0.2, 0) is 4.74 Å². The second-order valence-electron chi connectivity index (χ2n) is 5.63. The molecule has 2 fully saturated rings. The van der Waals surface area contributed by atoms with Gasteiger partial charge in [0.05, 0.1) is 0 Å². The molecule has 0 aliphatic carbocycles. The van der Waals surface area contributed by atoms with E-state index in [4.69, 9.17) is 4.74 Å². The molecule has 0 saturated carbocycles. The highest BCUT2D eigenvalue weighted by Gasteiger charge is 2.33. The van der Waals surface area contributed by atoms with Gasteiger partial charge in [-0.2, -0.15) is 0 Å². The zero-order chi connectivity index (χ0) is 12.1. The van der Waals surface area contributed by atoms with Crippen LogP contribution >= 0.6 is 0 Å². The molecule has 2 aliphatic heterocycles. The number of ether oxygens (including phenoxy) is 1. The molecule has 3 heteroatoms. The highest BCUT2D eigenvalue weighted by atomic mass is 16.5. The van der Waals surface area contributed by atoms with Crippen LogP contribution < -0.4 is 5.32 Å². The van der Waals surface area contributed by atoms with Gasteiger partial charge in [-0.25, -0.2) is 0 Å². The molecule has 1 N–H and O–H groups in total. The molecule has 0 aromatic carbocycles. The van der Waals surface area contributed by atoms with Gasteiger partial charge >= 0.3 is 0 Å². The van der Waals surface area contributed by atoms with Crippen molar-refractivity contribution in [2.45, 2.75) is 63.6 Å². The number of piperidine rings is 1. The highest BCUT2D eigenvalue weighted by Crippen LogP contribution is 2.26. The first-order chi connectivity index (χ1) is 8.33. The summed E-state index contributed by atoms with van der Waals surface area (Å²) >= 11 is 0. The third-order valence-corrected chi connectivity index (χ3v) is 4.46. The smallest absolute Gasteiger partial charge is 0.0477 e. The van der Waals surface area contributed by atoms with Crippen LogP contribution in [0, 0.1) is 0 Å². The highest BCUT2D eigenvalue weighted by molar-refractivity contribution is 4.92. The van der Waals surface area contributed by atoms with Gasteiger partial charge in [0.1, 0.15) is 0 Å². The number of likely N-dealkylation sites (tertiary alicyclic amines) is 1. The zero-order valence-electron chi connectivity index (χ0n) is 11.5. The third kappa shape index (κ3) is 3.43. The molecule has 0 aromatic heterocycles. The molecule has 0 amide bonds. The largest absolute Gasteiger partial charge is 0.385 e. The molecular weight excluding hydrogens is 212 g/mol. The molecule has 2 rings (SSSR count). The van der Waals surface area contributed by atoms with E-state index in [-0.39, 0.29) is 0 Å². The molecule has 3 unspecified atom stereocenters. The van der Waals surface area contributed by atoms with Gasteiger partial charge < -0.3 is 10.1 Å². The van der Waals surface area contributed by atoms with Crippen LogP contribution in [0.4, 0.5) is 0 Å². The average molecular weight is 240 g/mol. The minimum Gasteiger partial charge on any atom is -0.385 e. The van der Waals surface area contributed by atoms with Crippen LogP contribution in [0.2, 0.25) is 0 Å². The van der Waals surface area contributed by atoms with Gasteiger partial charge in [-0.3, -0.25) is 4.90 Å². The fourth-order valence-electron chi connectivity index (χ4n) is 3.45. The fraction of sp³-hybridized carbons (Fsp3) is 1.00. The van der Waals surface area contributed by atoms with Crippen molar-refractivity contribution in [3.05, 3.63) is 0 Å². The van der Waals surface area contributed by atoms with E-state index in [9.17, 15) is 0 Å². The Hall–Kier alpha value is -0.120. The molecule has 0 aromatic rings. The van der Waals surface area contributed by atoms with E-state index in [0.717, 1.165) is 18.7 Å². The normalized spacial score (nSPS) is 32.8. The Balaban J connectivity index is 1.91. The molecule has 2 heterocycles. The van der Waals surface area contributed by atoms with Gasteiger partial charge in [0.25, 0.3) is 0 Å². The van der Waals surface area contributed by atoms with Crippen molar-refractivity contribution in [1.29, 1.82) is 0 Å². The van der Waals surface area contributed by atoms with E-state index in [0.29, 0.717) is 6.04 Å². The first-order valence-corrected chi connectivity index (χ1v) is 7.31. The van der Waals surface area contributed by atoms with Crippen molar-refractivity contribution in [2.24, 2.45) is 0 Å². The van der Waals surface area contributed by atoms with Crippen LogP contribution in [0.3, 0.4) is 0 Å². The zero-order valence-corrected chi connectivity index (χ0v) is 11.5. The molecule has 100 valence electrons. The maximum Gasteiger partial charge on any atom is 0.0477 e. The van der Waals surface area contributed by atoms with Crippen molar-refractivity contribution in [3.63, 3.8) is 0 Å². The average Bonchev–Trinajstić information content (AvgIpc) is 2.89. The molecule has 0 spiro atoms. The molecule has 3 nitrogen and oxygen atoms in total. The Morgan fingerprint density at radius 3 is 2.88 bits per heavy atom. The molecule has 0 bridgehead atoms. The van der Waals surface area contributed by atoms with Gasteiger partial charge in [-0.1, -0.05) is 6.42 Å². The second kappa shape index (κ2) is 6.72. The van der Waals surface area contributed by atoms with E-state index < -0.39 is 0 Å².